The molecule has 2 atom stereocenters. The summed E-state index contributed by atoms with van der Waals surface area (Å²) in [6.07, 6.45) is 11.5. The Kier molecular flexibility index (Phi) is 23.8. The number of carboxylic acids is 3. The van der Waals surface area contributed by atoms with Crippen LogP contribution in [-0.4, -0.2) is 33.7 Å². The minimum atomic E-state index is -2.91. The molecule has 0 aliphatic carbocycles. The van der Waals surface area contributed by atoms with Gasteiger partial charge >= 0.3 is 65.1 Å². The van der Waals surface area contributed by atoms with Gasteiger partial charge in [-0.2, -0.15) is 0 Å². The molecule has 158 valence electrons. The first-order valence-electron chi connectivity index (χ1n) is 10.1. The fraction of sp³-hybridized carbons (Fsp3) is 0.850. The van der Waals surface area contributed by atoms with Gasteiger partial charge in [-0.05, 0) is 6.42 Å². The summed E-state index contributed by atoms with van der Waals surface area (Å²) in [6, 6.07) is 0. The van der Waals surface area contributed by atoms with E-state index >= 15 is 0 Å². The molecule has 7 nitrogen and oxygen atoms in total. The van der Waals surface area contributed by atoms with E-state index in [2.05, 4.69) is 6.92 Å². The van der Waals surface area contributed by atoms with Gasteiger partial charge in [-0.25, -0.2) is 4.79 Å². The molecule has 0 aliphatic rings. The third kappa shape index (κ3) is 15.8. The van der Waals surface area contributed by atoms with E-state index in [9.17, 15) is 29.7 Å². The first-order valence-corrected chi connectivity index (χ1v) is 10.1. The van der Waals surface area contributed by atoms with Crippen LogP contribution in [0.4, 0.5) is 0 Å². The standard InChI is InChI=1S/C20H36O7.2Na/c1-2-3-4-5-6-7-8-9-10-11-12-13-14-16(18(23)24)20(27,19(25)26)15-17(21)22;;/h16,27H,2-15H2,1H3,(H,21,22)(H,23,24)(H,25,26);;/q;2*+1/p-2. The average Bonchev–Trinajstić information content (AvgIpc) is 2.57. The molecule has 0 aromatic rings. The van der Waals surface area contributed by atoms with Crippen LogP contribution in [0.3, 0.4) is 0 Å². The second-order valence-corrected chi connectivity index (χ2v) is 7.33. The topological polar surface area (TPSA) is 138 Å². The van der Waals surface area contributed by atoms with Crippen LogP contribution in [0.2, 0.25) is 0 Å². The van der Waals surface area contributed by atoms with Crippen molar-refractivity contribution in [1.29, 1.82) is 0 Å². The maximum Gasteiger partial charge on any atom is 1.00 e. The molecule has 9 heteroatoms. The van der Waals surface area contributed by atoms with Crippen LogP contribution in [-0.2, 0) is 14.4 Å². The van der Waals surface area contributed by atoms with Crippen molar-refractivity contribution in [3.63, 3.8) is 0 Å². The van der Waals surface area contributed by atoms with Crippen LogP contribution in [0.1, 0.15) is 96.8 Å². The molecule has 0 saturated heterocycles. The monoisotopic (exact) mass is 432 g/mol. The van der Waals surface area contributed by atoms with E-state index in [1.807, 2.05) is 0 Å². The predicted octanol–water partition coefficient (Wildman–Crippen LogP) is -4.59. The number of aliphatic hydroxyl groups is 1. The molecular formula is C20H34Na2O7. The predicted molar refractivity (Wildman–Crippen MR) is 96.4 cm³/mol. The van der Waals surface area contributed by atoms with Gasteiger partial charge in [0.15, 0.2) is 5.60 Å². The number of unbranched alkanes of at least 4 members (excludes halogenated alkanes) is 11. The Balaban J connectivity index is -0.00000338. The summed E-state index contributed by atoms with van der Waals surface area (Å²) < 4.78 is 0. The van der Waals surface area contributed by atoms with Gasteiger partial charge in [-0.15, -0.1) is 0 Å². The molecule has 2 N–H and O–H groups in total. The maximum atomic E-state index is 11.2. The Morgan fingerprint density at radius 2 is 1.17 bits per heavy atom. The maximum absolute atomic E-state index is 11.2. The SMILES string of the molecule is CCCCCCCCCCCCCCC(C(=O)[O-])C(O)(CC(=O)[O-])C(=O)O.[Na+].[Na+]. The molecule has 0 saturated carbocycles. The zero-order valence-electron chi connectivity index (χ0n) is 18.4. The second kappa shape index (κ2) is 20.3. The smallest absolute Gasteiger partial charge is 0.550 e. The Hall–Kier alpha value is 0.370. The van der Waals surface area contributed by atoms with E-state index < -0.39 is 35.8 Å². The van der Waals surface area contributed by atoms with Crippen LogP contribution in [0.5, 0.6) is 0 Å². The second-order valence-electron chi connectivity index (χ2n) is 7.33. The molecule has 0 heterocycles. The van der Waals surface area contributed by atoms with E-state index in [4.69, 9.17) is 5.11 Å². The fourth-order valence-electron chi connectivity index (χ4n) is 3.31. The zero-order chi connectivity index (χ0) is 20.7. The summed E-state index contributed by atoms with van der Waals surface area (Å²) >= 11 is 0. The van der Waals surface area contributed by atoms with E-state index in [0.717, 1.165) is 19.3 Å². The molecular weight excluding hydrogens is 398 g/mol. The Bertz CT molecular complexity index is 460. The van der Waals surface area contributed by atoms with E-state index in [1.54, 1.807) is 0 Å². The van der Waals surface area contributed by atoms with Gasteiger partial charge in [-0.1, -0.05) is 84.0 Å². The van der Waals surface area contributed by atoms with Crippen molar-refractivity contribution in [2.75, 3.05) is 0 Å². The number of hydrogen-bond donors (Lipinski definition) is 2. The third-order valence-corrected chi connectivity index (χ3v) is 4.99. The minimum absolute atomic E-state index is 0. The molecule has 0 aromatic heterocycles. The summed E-state index contributed by atoms with van der Waals surface area (Å²) in [6.45, 7) is 2.20. The molecule has 0 bridgehead atoms. The molecule has 29 heavy (non-hydrogen) atoms. The van der Waals surface area contributed by atoms with Gasteiger partial charge in [0.2, 0.25) is 0 Å². The van der Waals surface area contributed by atoms with Crippen LogP contribution in [0, 0.1) is 5.92 Å². The van der Waals surface area contributed by atoms with Crippen molar-refractivity contribution in [3.05, 3.63) is 0 Å². The van der Waals surface area contributed by atoms with Crippen molar-refractivity contribution < 1.29 is 93.9 Å². The van der Waals surface area contributed by atoms with Gasteiger partial charge in [-0.3, -0.25) is 0 Å². The number of carbonyl (C=O) groups is 3. The van der Waals surface area contributed by atoms with Crippen LogP contribution >= 0.6 is 0 Å². The van der Waals surface area contributed by atoms with Crippen LogP contribution in [0.25, 0.3) is 0 Å². The van der Waals surface area contributed by atoms with Crippen molar-refractivity contribution in [1.82, 2.24) is 0 Å². The fourth-order valence-corrected chi connectivity index (χ4v) is 3.31. The molecule has 0 aliphatic heterocycles. The Morgan fingerprint density at radius 3 is 1.48 bits per heavy atom. The number of rotatable bonds is 18. The summed E-state index contributed by atoms with van der Waals surface area (Å²) in [7, 11) is 0. The molecule has 0 amide bonds. The zero-order valence-corrected chi connectivity index (χ0v) is 22.4. The molecule has 2 unspecified atom stereocenters. The first-order chi connectivity index (χ1) is 12.8. The molecule has 0 radical (unpaired) electrons. The molecule has 0 spiro atoms. The van der Waals surface area contributed by atoms with E-state index in [1.165, 1.54) is 44.9 Å². The first kappa shape index (κ1) is 34.0. The number of carbonyl (C=O) groups excluding carboxylic acids is 2. The van der Waals surface area contributed by atoms with Gasteiger partial charge < -0.3 is 30.0 Å². The van der Waals surface area contributed by atoms with Crippen molar-refractivity contribution in [2.24, 2.45) is 5.92 Å². The van der Waals surface area contributed by atoms with Gasteiger partial charge in [0, 0.05) is 24.3 Å². The van der Waals surface area contributed by atoms with E-state index in [-0.39, 0.29) is 65.5 Å². The number of carboxylic acid groups (broad SMARTS) is 3. The molecule has 0 aromatic carbocycles. The third-order valence-electron chi connectivity index (χ3n) is 4.99. The summed E-state index contributed by atoms with van der Waals surface area (Å²) in [4.78, 5) is 33.1. The minimum Gasteiger partial charge on any atom is -0.550 e. The van der Waals surface area contributed by atoms with Crippen LogP contribution < -0.4 is 69.3 Å². The summed E-state index contributed by atoms with van der Waals surface area (Å²) in [5.41, 5.74) is -2.91. The largest absolute Gasteiger partial charge is 1.00 e. The number of hydrogen-bond acceptors (Lipinski definition) is 6. The van der Waals surface area contributed by atoms with Gasteiger partial charge in [0.05, 0.1) is 0 Å². The van der Waals surface area contributed by atoms with Gasteiger partial charge in [0.25, 0.3) is 0 Å². The quantitative estimate of drug-likeness (QED) is 0.164. The van der Waals surface area contributed by atoms with Crippen molar-refractivity contribution in [2.45, 2.75) is 102 Å². The van der Waals surface area contributed by atoms with Crippen molar-refractivity contribution >= 4 is 17.9 Å². The van der Waals surface area contributed by atoms with E-state index in [0.29, 0.717) is 12.8 Å². The van der Waals surface area contributed by atoms with Crippen LogP contribution in [0.15, 0.2) is 0 Å². The average molecular weight is 432 g/mol. The summed E-state index contributed by atoms with van der Waals surface area (Å²) in [5.74, 6) is -7.25. The number of aliphatic carboxylic acids is 3. The van der Waals surface area contributed by atoms with Crippen molar-refractivity contribution in [3.8, 4) is 0 Å². The molecule has 0 rings (SSSR count). The summed E-state index contributed by atoms with van der Waals surface area (Å²) in [5, 5.41) is 41.0. The van der Waals surface area contributed by atoms with Gasteiger partial charge in [0.1, 0.15) is 0 Å². The Labute approximate surface area is 218 Å². The normalized spacial score (nSPS) is 13.4. The molecule has 0 fully saturated rings. The Morgan fingerprint density at radius 1 is 0.793 bits per heavy atom.